The molecule has 14 heavy (non-hydrogen) atoms. The van der Waals surface area contributed by atoms with Gasteiger partial charge in [-0.25, -0.2) is 0 Å². The summed E-state index contributed by atoms with van der Waals surface area (Å²) in [6.07, 6.45) is 9.09. The summed E-state index contributed by atoms with van der Waals surface area (Å²) in [6.45, 7) is 4.08. The molecule has 0 amide bonds. The normalized spacial score (nSPS) is 11.6. The van der Waals surface area contributed by atoms with Gasteiger partial charge < -0.3 is 4.74 Å². The maximum atomic E-state index is 5.49. The second-order valence-electron chi connectivity index (χ2n) is 2.77. The Morgan fingerprint density at radius 1 is 1.64 bits per heavy atom. The van der Waals surface area contributed by atoms with Crippen LogP contribution in [-0.4, -0.2) is 11.6 Å². The van der Waals surface area contributed by atoms with Crippen molar-refractivity contribution in [3.63, 3.8) is 0 Å². The molecule has 72 valence electrons. The Morgan fingerprint density at radius 2 is 2.50 bits per heavy atom. The van der Waals surface area contributed by atoms with Crippen LogP contribution < -0.4 is 0 Å². The quantitative estimate of drug-likeness (QED) is 0.521. The molecule has 1 aromatic rings. The SMILES string of the molecule is C#CC[C@H](OCC=C)c1ccccn1. The zero-order valence-electron chi connectivity index (χ0n) is 8.02. The predicted molar refractivity (Wildman–Crippen MR) is 56.6 cm³/mol. The lowest BCUT2D eigenvalue weighted by Crippen LogP contribution is -2.05. The van der Waals surface area contributed by atoms with Crippen LogP contribution in [0.5, 0.6) is 0 Å². The van der Waals surface area contributed by atoms with Crippen molar-refractivity contribution in [3.8, 4) is 12.3 Å². The van der Waals surface area contributed by atoms with Crippen LogP contribution in [0.3, 0.4) is 0 Å². The summed E-state index contributed by atoms with van der Waals surface area (Å²) in [5.74, 6) is 2.58. The maximum Gasteiger partial charge on any atom is 0.111 e. The molecule has 0 aromatic carbocycles. The van der Waals surface area contributed by atoms with Crippen LogP contribution >= 0.6 is 0 Å². The van der Waals surface area contributed by atoms with Crippen LogP contribution in [0.15, 0.2) is 37.1 Å². The van der Waals surface area contributed by atoms with E-state index >= 15 is 0 Å². The number of pyridine rings is 1. The first-order valence-corrected chi connectivity index (χ1v) is 4.45. The van der Waals surface area contributed by atoms with Crippen LogP contribution in [0.4, 0.5) is 0 Å². The van der Waals surface area contributed by atoms with E-state index in [0.29, 0.717) is 13.0 Å². The summed E-state index contributed by atoms with van der Waals surface area (Å²) in [6, 6.07) is 5.69. The number of terminal acetylenes is 1. The van der Waals surface area contributed by atoms with E-state index in [9.17, 15) is 0 Å². The number of hydrogen-bond acceptors (Lipinski definition) is 2. The minimum absolute atomic E-state index is 0.126. The summed E-state index contributed by atoms with van der Waals surface area (Å²) in [7, 11) is 0. The van der Waals surface area contributed by atoms with Gasteiger partial charge in [-0.2, -0.15) is 0 Å². The van der Waals surface area contributed by atoms with E-state index in [2.05, 4.69) is 17.5 Å². The number of rotatable bonds is 5. The van der Waals surface area contributed by atoms with Crippen LogP contribution in [0.1, 0.15) is 18.2 Å². The van der Waals surface area contributed by atoms with Gasteiger partial charge in [0.05, 0.1) is 12.3 Å². The summed E-state index contributed by atoms with van der Waals surface area (Å²) in [4.78, 5) is 4.20. The van der Waals surface area contributed by atoms with E-state index in [4.69, 9.17) is 11.2 Å². The first-order chi connectivity index (χ1) is 6.88. The Balaban J connectivity index is 2.68. The number of nitrogens with zero attached hydrogens (tertiary/aromatic N) is 1. The van der Waals surface area contributed by atoms with Crippen molar-refractivity contribution in [1.29, 1.82) is 0 Å². The average Bonchev–Trinajstić information content (AvgIpc) is 2.25. The third kappa shape index (κ3) is 3.04. The van der Waals surface area contributed by atoms with E-state index in [1.165, 1.54) is 0 Å². The summed E-state index contributed by atoms with van der Waals surface area (Å²) >= 11 is 0. The fourth-order valence-corrected chi connectivity index (χ4v) is 1.11. The molecule has 0 N–H and O–H groups in total. The molecule has 0 aliphatic carbocycles. The van der Waals surface area contributed by atoms with Gasteiger partial charge in [0.2, 0.25) is 0 Å². The van der Waals surface area contributed by atoms with E-state index < -0.39 is 0 Å². The molecule has 0 unspecified atom stereocenters. The molecule has 1 aromatic heterocycles. The van der Waals surface area contributed by atoms with Gasteiger partial charge in [0.1, 0.15) is 6.10 Å². The van der Waals surface area contributed by atoms with E-state index in [-0.39, 0.29) is 6.10 Å². The number of ether oxygens (including phenoxy) is 1. The summed E-state index contributed by atoms with van der Waals surface area (Å²) in [5, 5.41) is 0. The minimum atomic E-state index is -0.126. The highest BCUT2D eigenvalue weighted by Gasteiger charge is 2.10. The fraction of sp³-hybridized carbons (Fsp3) is 0.250. The van der Waals surface area contributed by atoms with Crippen molar-refractivity contribution in [2.75, 3.05) is 6.61 Å². The van der Waals surface area contributed by atoms with E-state index in [0.717, 1.165) is 5.69 Å². The molecule has 2 nitrogen and oxygen atoms in total. The van der Waals surface area contributed by atoms with E-state index in [1.807, 2.05) is 18.2 Å². The Kier molecular flexibility index (Phi) is 4.46. The van der Waals surface area contributed by atoms with Gasteiger partial charge in [0, 0.05) is 12.6 Å². The third-order valence-corrected chi connectivity index (χ3v) is 1.74. The Morgan fingerprint density at radius 3 is 3.07 bits per heavy atom. The average molecular weight is 187 g/mol. The van der Waals surface area contributed by atoms with Crippen molar-refractivity contribution in [1.82, 2.24) is 4.98 Å². The third-order valence-electron chi connectivity index (χ3n) is 1.74. The van der Waals surface area contributed by atoms with Gasteiger partial charge >= 0.3 is 0 Å². The maximum absolute atomic E-state index is 5.49. The lowest BCUT2D eigenvalue weighted by Gasteiger charge is -2.13. The molecule has 0 spiro atoms. The van der Waals surface area contributed by atoms with Gasteiger partial charge in [-0.15, -0.1) is 18.9 Å². The van der Waals surface area contributed by atoms with Crippen LogP contribution in [-0.2, 0) is 4.74 Å². The zero-order chi connectivity index (χ0) is 10.2. The largest absolute Gasteiger partial charge is 0.367 e. The van der Waals surface area contributed by atoms with Gasteiger partial charge in [-0.1, -0.05) is 12.1 Å². The number of hydrogen-bond donors (Lipinski definition) is 0. The van der Waals surface area contributed by atoms with Crippen molar-refractivity contribution in [2.24, 2.45) is 0 Å². The van der Waals surface area contributed by atoms with Crippen molar-refractivity contribution >= 4 is 0 Å². The number of aromatic nitrogens is 1. The highest BCUT2D eigenvalue weighted by molar-refractivity contribution is 5.09. The smallest absolute Gasteiger partial charge is 0.111 e. The second kappa shape index (κ2) is 5.95. The highest BCUT2D eigenvalue weighted by Crippen LogP contribution is 2.17. The molecule has 1 heterocycles. The van der Waals surface area contributed by atoms with Crippen LogP contribution in [0.2, 0.25) is 0 Å². The molecule has 0 saturated carbocycles. The zero-order valence-corrected chi connectivity index (χ0v) is 8.02. The summed E-state index contributed by atoms with van der Waals surface area (Å²) < 4.78 is 5.49. The molecule has 0 radical (unpaired) electrons. The second-order valence-corrected chi connectivity index (χ2v) is 2.77. The van der Waals surface area contributed by atoms with Gasteiger partial charge in [0.25, 0.3) is 0 Å². The van der Waals surface area contributed by atoms with E-state index in [1.54, 1.807) is 12.3 Å². The van der Waals surface area contributed by atoms with Gasteiger partial charge in [-0.05, 0) is 12.1 Å². The molecule has 2 heteroatoms. The van der Waals surface area contributed by atoms with Crippen molar-refractivity contribution in [3.05, 3.63) is 42.7 Å². The molecule has 1 rings (SSSR count). The highest BCUT2D eigenvalue weighted by atomic mass is 16.5. The molecule has 0 fully saturated rings. The van der Waals surface area contributed by atoms with Crippen LogP contribution in [0.25, 0.3) is 0 Å². The lowest BCUT2D eigenvalue weighted by atomic mass is 10.2. The van der Waals surface area contributed by atoms with Crippen molar-refractivity contribution in [2.45, 2.75) is 12.5 Å². The first kappa shape index (κ1) is 10.5. The Hall–Kier alpha value is -1.59. The first-order valence-electron chi connectivity index (χ1n) is 4.45. The predicted octanol–water partition coefficient (Wildman–Crippen LogP) is 2.35. The van der Waals surface area contributed by atoms with Crippen LogP contribution in [0, 0.1) is 12.3 Å². The topological polar surface area (TPSA) is 22.1 Å². The monoisotopic (exact) mass is 187 g/mol. The molecular formula is C12H13NO. The molecular weight excluding hydrogens is 174 g/mol. The Bertz CT molecular complexity index is 313. The molecule has 0 aliphatic rings. The van der Waals surface area contributed by atoms with Gasteiger partial charge in [-0.3, -0.25) is 4.98 Å². The van der Waals surface area contributed by atoms with Crippen molar-refractivity contribution < 1.29 is 4.74 Å². The molecule has 1 atom stereocenters. The molecule has 0 aliphatic heterocycles. The summed E-state index contributed by atoms with van der Waals surface area (Å²) in [5.41, 5.74) is 0.868. The minimum Gasteiger partial charge on any atom is -0.367 e. The van der Waals surface area contributed by atoms with Gasteiger partial charge in [0.15, 0.2) is 0 Å². The standard InChI is InChI=1S/C12H13NO/c1-3-7-12(14-10-4-2)11-8-5-6-9-13-11/h1,4-6,8-9,12H,2,7,10H2/t12-/m0/s1. The Labute approximate surface area is 84.6 Å². The lowest BCUT2D eigenvalue weighted by molar-refractivity contribution is 0.0750. The molecule has 0 saturated heterocycles. The fourth-order valence-electron chi connectivity index (χ4n) is 1.11. The molecule has 0 bridgehead atoms.